The van der Waals surface area contributed by atoms with E-state index in [0.29, 0.717) is 6.61 Å². The van der Waals surface area contributed by atoms with Crippen molar-refractivity contribution in [3.8, 4) is 0 Å². The highest BCUT2D eigenvalue weighted by molar-refractivity contribution is 5.20. The van der Waals surface area contributed by atoms with E-state index in [-0.39, 0.29) is 17.6 Å². The smallest absolute Gasteiger partial charge is 0.157 e. The summed E-state index contributed by atoms with van der Waals surface area (Å²) in [7, 11) is 0. The zero-order valence-electron chi connectivity index (χ0n) is 13.9. The molecule has 0 aromatic carbocycles. The Balaban J connectivity index is 3.06. The van der Waals surface area contributed by atoms with Crippen molar-refractivity contribution in [3.63, 3.8) is 0 Å². The molecule has 1 heterocycles. The number of aromatic nitrogens is 2. The summed E-state index contributed by atoms with van der Waals surface area (Å²) in [6.07, 6.45) is 1.86. The van der Waals surface area contributed by atoms with Gasteiger partial charge < -0.3 is 10.1 Å². The van der Waals surface area contributed by atoms with Crippen LogP contribution in [0, 0.1) is 12.3 Å². The molecular weight excluding hydrogens is 250 g/mol. The average molecular weight is 279 g/mol. The average Bonchev–Trinajstić information content (AvgIpc) is 2.34. The summed E-state index contributed by atoms with van der Waals surface area (Å²) >= 11 is 0. The highest BCUT2D eigenvalue weighted by Gasteiger charge is 2.29. The third kappa shape index (κ3) is 4.25. The van der Waals surface area contributed by atoms with E-state index in [2.05, 4.69) is 49.9 Å². The Morgan fingerprint density at radius 2 is 1.95 bits per heavy atom. The fourth-order valence-corrected chi connectivity index (χ4v) is 2.34. The summed E-state index contributed by atoms with van der Waals surface area (Å²) in [5.41, 5.74) is 2.16. The van der Waals surface area contributed by atoms with Crippen molar-refractivity contribution in [1.82, 2.24) is 15.3 Å². The molecule has 2 atom stereocenters. The molecule has 0 saturated carbocycles. The minimum atomic E-state index is -0.0744. The van der Waals surface area contributed by atoms with Crippen LogP contribution in [0.2, 0.25) is 0 Å². The SMILES string of the molecule is CCNC(C)c1cnc(C(OCC)C(C)(C)C)nc1C. The zero-order valence-corrected chi connectivity index (χ0v) is 13.9. The molecule has 1 aromatic heterocycles. The second kappa shape index (κ2) is 7.14. The number of ether oxygens (including phenoxy) is 1. The van der Waals surface area contributed by atoms with E-state index in [0.717, 1.165) is 23.6 Å². The van der Waals surface area contributed by atoms with Gasteiger partial charge in [-0.3, -0.25) is 0 Å². The molecule has 1 rings (SSSR count). The van der Waals surface area contributed by atoms with Crippen molar-refractivity contribution in [2.45, 2.75) is 60.6 Å². The first-order valence-electron chi connectivity index (χ1n) is 7.49. The number of rotatable bonds is 6. The monoisotopic (exact) mass is 279 g/mol. The van der Waals surface area contributed by atoms with Gasteiger partial charge in [-0.25, -0.2) is 9.97 Å². The van der Waals surface area contributed by atoms with Gasteiger partial charge in [0.15, 0.2) is 5.82 Å². The Morgan fingerprint density at radius 1 is 1.30 bits per heavy atom. The molecule has 0 saturated heterocycles. The Morgan fingerprint density at radius 3 is 2.40 bits per heavy atom. The zero-order chi connectivity index (χ0) is 15.3. The first-order valence-corrected chi connectivity index (χ1v) is 7.49. The van der Waals surface area contributed by atoms with Gasteiger partial charge in [-0.1, -0.05) is 27.7 Å². The fourth-order valence-electron chi connectivity index (χ4n) is 2.34. The number of hydrogen-bond donors (Lipinski definition) is 1. The van der Waals surface area contributed by atoms with E-state index in [9.17, 15) is 0 Å². The van der Waals surface area contributed by atoms with Crippen LogP contribution in [0.3, 0.4) is 0 Å². The maximum Gasteiger partial charge on any atom is 0.157 e. The van der Waals surface area contributed by atoms with Crippen LogP contribution in [0.15, 0.2) is 6.20 Å². The molecule has 114 valence electrons. The summed E-state index contributed by atoms with van der Waals surface area (Å²) in [6, 6.07) is 0.272. The van der Waals surface area contributed by atoms with Crippen LogP contribution in [-0.4, -0.2) is 23.1 Å². The summed E-state index contributed by atoms with van der Waals surface area (Å²) in [4.78, 5) is 9.24. The lowest BCUT2D eigenvalue weighted by Gasteiger charge is -2.29. The lowest BCUT2D eigenvalue weighted by molar-refractivity contribution is -0.0192. The van der Waals surface area contributed by atoms with E-state index >= 15 is 0 Å². The summed E-state index contributed by atoms with van der Waals surface area (Å²) in [6.45, 7) is 16.4. The Kier molecular flexibility index (Phi) is 6.08. The lowest BCUT2D eigenvalue weighted by Crippen LogP contribution is -2.25. The van der Waals surface area contributed by atoms with Crippen LogP contribution >= 0.6 is 0 Å². The maximum atomic E-state index is 5.85. The quantitative estimate of drug-likeness (QED) is 0.864. The van der Waals surface area contributed by atoms with Gasteiger partial charge in [-0.2, -0.15) is 0 Å². The Bertz CT molecular complexity index is 426. The van der Waals surface area contributed by atoms with Gasteiger partial charge in [0.1, 0.15) is 6.10 Å². The van der Waals surface area contributed by atoms with Gasteiger partial charge >= 0.3 is 0 Å². The molecule has 0 aliphatic carbocycles. The number of aryl methyl sites for hydroxylation is 1. The molecule has 0 spiro atoms. The first-order chi connectivity index (χ1) is 9.31. The third-order valence-corrected chi connectivity index (χ3v) is 3.37. The van der Waals surface area contributed by atoms with E-state index < -0.39 is 0 Å². The molecule has 1 aromatic rings. The molecule has 1 N–H and O–H groups in total. The lowest BCUT2D eigenvalue weighted by atomic mass is 9.88. The van der Waals surface area contributed by atoms with Crippen molar-refractivity contribution < 1.29 is 4.74 Å². The van der Waals surface area contributed by atoms with E-state index in [1.165, 1.54) is 0 Å². The molecule has 0 radical (unpaired) electrons. The van der Waals surface area contributed by atoms with Gasteiger partial charge in [0.2, 0.25) is 0 Å². The van der Waals surface area contributed by atoms with E-state index in [4.69, 9.17) is 4.74 Å². The minimum absolute atomic E-state index is 0.0166. The predicted octanol–water partition coefficient (Wildman–Crippen LogP) is 3.58. The third-order valence-electron chi connectivity index (χ3n) is 3.37. The molecule has 0 bridgehead atoms. The summed E-state index contributed by atoms with van der Waals surface area (Å²) < 4.78 is 5.85. The van der Waals surface area contributed by atoms with Gasteiger partial charge in [0.25, 0.3) is 0 Å². The fraction of sp³-hybridized carbons (Fsp3) is 0.750. The molecule has 2 unspecified atom stereocenters. The van der Waals surface area contributed by atoms with Crippen LogP contribution < -0.4 is 5.32 Å². The van der Waals surface area contributed by atoms with Crippen LogP contribution in [0.25, 0.3) is 0 Å². The molecule has 4 nitrogen and oxygen atoms in total. The second-order valence-electron chi connectivity index (χ2n) is 6.25. The van der Waals surface area contributed by atoms with Gasteiger partial charge in [0, 0.05) is 30.1 Å². The highest BCUT2D eigenvalue weighted by Crippen LogP contribution is 2.34. The number of nitrogens with zero attached hydrogens (tertiary/aromatic N) is 2. The van der Waals surface area contributed by atoms with E-state index in [1.54, 1.807) is 0 Å². The predicted molar refractivity (Wildman–Crippen MR) is 82.7 cm³/mol. The molecule has 0 fully saturated rings. The van der Waals surface area contributed by atoms with Crippen LogP contribution in [0.1, 0.15) is 70.8 Å². The molecule has 4 heteroatoms. The molecule has 0 aliphatic rings. The Labute approximate surface area is 123 Å². The van der Waals surface area contributed by atoms with Gasteiger partial charge in [-0.05, 0) is 32.7 Å². The molecule has 0 aliphatic heterocycles. The summed E-state index contributed by atoms with van der Waals surface area (Å²) in [5.74, 6) is 0.782. The van der Waals surface area contributed by atoms with Crippen molar-refractivity contribution >= 4 is 0 Å². The summed E-state index contributed by atoms with van der Waals surface area (Å²) in [5, 5.41) is 3.40. The van der Waals surface area contributed by atoms with E-state index in [1.807, 2.05) is 20.0 Å². The highest BCUT2D eigenvalue weighted by atomic mass is 16.5. The molecule has 0 amide bonds. The topological polar surface area (TPSA) is 47.0 Å². The van der Waals surface area contributed by atoms with Gasteiger partial charge in [-0.15, -0.1) is 0 Å². The van der Waals surface area contributed by atoms with Crippen molar-refractivity contribution in [3.05, 3.63) is 23.3 Å². The standard InChI is InChI=1S/C16H29N3O/c1-8-17-11(3)13-10-18-15(19-12(13)4)14(20-9-2)16(5,6)7/h10-11,14,17H,8-9H2,1-7H3. The van der Waals surface area contributed by atoms with Crippen molar-refractivity contribution in [2.75, 3.05) is 13.2 Å². The minimum Gasteiger partial charge on any atom is -0.370 e. The van der Waals surface area contributed by atoms with Crippen molar-refractivity contribution in [2.24, 2.45) is 5.41 Å². The van der Waals surface area contributed by atoms with Crippen molar-refractivity contribution in [1.29, 1.82) is 0 Å². The second-order valence-corrected chi connectivity index (χ2v) is 6.25. The number of hydrogen-bond acceptors (Lipinski definition) is 4. The van der Waals surface area contributed by atoms with Crippen LogP contribution in [0.4, 0.5) is 0 Å². The van der Waals surface area contributed by atoms with Crippen LogP contribution in [0.5, 0.6) is 0 Å². The molecular formula is C16H29N3O. The Hall–Kier alpha value is -1.00. The van der Waals surface area contributed by atoms with Gasteiger partial charge in [0.05, 0.1) is 0 Å². The largest absolute Gasteiger partial charge is 0.370 e. The first kappa shape index (κ1) is 17.1. The molecule has 20 heavy (non-hydrogen) atoms. The van der Waals surface area contributed by atoms with Crippen LogP contribution in [-0.2, 0) is 4.74 Å². The normalized spacial score (nSPS) is 15.2. The maximum absolute atomic E-state index is 5.85. The number of nitrogens with one attached hydrogen (secondary N) is 1.